The van der Waals surface area contributed by atoms with Crippen molar-refractivity contribution in [3.8, 4) is 0 Å². The fourth-order valence-electron chi connectivity index (χ4n) is 5.80. The van der Waals surface area contributed by atoms with Crippen molar-refractivity contribution in [2.75, 3.05) is 0 Å². The second kappa shape index (κ2) is 14.1. The van der Waals surface area contributed by atoms with Gasteiger partial charge >= 0.3 is 26.2 Å². The van der Waals surface area contributed by atoms with Crippen LogP contribution in [-0.2, 0) is 38.3 Å². The number of rotatable bonds is 10. The molecule has 0 bridgehead atoms. The average Bonchev–Trinajstić information content (AvgIpc) is 3.50. The smallest absolute Gasteiger partial charge is 0.156 e. The molecule has 4 rings (SSSR count). The van der Waals surface area contributed by atoms with Crippen molar-refractivity contribution < 1.29 is 26.2 Å². The number of fused-ring (bicyclic) bond motifs is 2. The number of benzene rings is 2. The molecule has 0 aliphatic carbocycles. The van der Waals surface area contributed by atoms with Crippen molar-refractivity contribution in [1.82, 2.24) is 0 Å². The fourth-order valence-corrected chi connectivity index (χ4v) is 12.5. The van der Waals surface area contributed by atoms with E-state index in [-0.39, 0.29) is 26.2 Å². The zero-order valence-electron chi connectivity index (χ0n) is 23.1. The molecule has 0 aliphatic heterocycles. The van der Waals surface area contributed by atoms with Crippen LogP contribution in [0.1, 0.15) is 52.7 Å². The van der Waals surface area contributed by atoms with Gasteiger partial charge in [0.1, 0.15) is 0 Å². The van der Waals surface area contributed by atoms with Crippen LogP contribution in [0.5, 0.6) is 0 Å². The largest absolute Gasteiger partial charge is 2.00 e. The van der Waals surface area contributed by atoms with E-state index in [0.717, 1.165) is 0 Å². The van der Waals surface area contributed by atoms with E-state index in [2.05, 4.69) is 114 Å². The first-order valence-corrected chi connectivity index (χ1v) is 19.4. The van der Waals surface area contributed by atoms with E-state index in [1.54, 1.807) is 11.1 Å². The van der Waals surface area contributed by atoms with Crippen LogP contribution < -0.4 is 0 Å². The molecule has 35 heavy (non-hydrogen) atoms. The molecule has 0 atom stereocenters. The van der Waals surface area contributed by atoms with E-state index in [1.165, 1.54) is 69.9 Å². The molecule has 0 saturated carbocycles. The Hall–Kier alpha value is -1.02. The van der Waals surface area contributed by atoms with Crippen molar-refractivity contribution in [3.63, 3.8) is 0 Å². The number of hydrogen-bond acceptors (Lipinski definition) is 0. The van der Waals surface area contributed by atoms with E-state index >= 15 is 0 Å². The monoisotopic (exact) mass is 576 g/mol. The SMILES string of the molecule is CC[Si](CC)(CC)Cc1c[cH-]c2ccccc12.CC[Si](CC)(CC)Cc1c[cH-]c2ccccc12.[Zr+2]. The summed E-state index contributed by atoms with van der Waals surface area (Å²) >= 11 is 0. The van der Waals surface area contributed by atoms with Gasteiger partial charge in [0.2, 0.25) is 0 Å². The third kappa shape index (κ3) is 7.05. The van der Waals surface area contributed by atoms with Crippen LogP contribution in [-0.4, -0.2) is 16.1 Å². The molecule has 0 N–H and O–H groups in total. The zero-order valence-corrected chi connectivity index (χ0v) is 27.5. The van der Waals surface area contributed by atoms with Gasteiger partial charge in [-0.3, -0.25) is 0 Å². The third-order valence-electron chi connectivity index (χ3n) is 9.17. The summed E-state index contributed by atoms with van der Waals surface area (Å²) in [6, 6.07) is 38.1. The topological polar surface area (TPSA) is 0 Å². The molecule has 4 aromatic carbocycles. The molecule has 0 nitrogen and oxygen atoms in total. The summed E-state index contributed by atoms with van der Waals surface area (Å²) in [5.74, 6) is 0. The van der Waals surface area contributed by atoms with Gasteiger partial charge in [-0.1, -0.05) is 102 Å². The molecule has 0 fully saturated rings. The molecule has 4 aromatic rings. The van der Waals surface area contributed by atoms with Gasteiger partial charge in [0, 0.05) is 16.1 Å². The maximum absolute atomic E-state index is 2.39. The maximum atomic E-state index is 2.39. The van der Waals surface area contributed by atoms with Gasteiger partial charge in [-0.2, -0.15) is 23.3 Å². The molecular formula is C32H46Si2Zr. The van der Waals surface area contributed by atoms with Gasteiger partial charge in [0.05, 0.1) is 0 Å². The summed E-state index contributed by atoms with van der Waals surface area (Å²) in [6.07, 6.45) is 0. The Kier molecular flexibility index (Phi) is 12.1. The van der Waals surface area contributed by atoms with E-state index in [0.29, 0.717) is 0 Å². The predicted octanol–water partition coefficient (Wildman–Crippen LogP) is 10.3. The molecule has 3 heteroatoms. The van der Waals surface area contributed by atoms with Crippen LogP contribution in [0.3, 0.4) is 0 Å². The van der Waals surface area contributed by atoms with Gasteiger partial charge in [-0.25, -0.2) is 0 Å². The molecule has 0 unspecified atom stereocenters. The fraction of sp³-hybridized carbons (Fsp3) is 0.438. The second-order valence-corrected chi connectivity index (χ2v) is 21.3. The second-order valence-electron chi connectivity index (χ2n) is 10.4. The van der Waals surface area contributed by atoms with Crippen LogP contribution in [0.25, 0.3) is 21.5 Å². The third-order valence-corrected chi connectivity index (χ3v) is 20.4. The van der Waals surface area contributed by atoms with Crippen LogP contribution >= 0.6 is 0 Å². The molecule has 0 saturated heterocycles. The predicted molar refractivity (Wildman–Crippen MR) is 161 cm³/mol. The van der Waals surface area contributed by atoms with Gasteiger partial charge in [-0.15, -0.1) is 70.1 Å². The Bertz CT molecular complexity index is 1040. The van der Waals surface area contributed by atoms with Crippen LogP contribution in [0, 0.1) is 0 Å². The summed E-state index contributed by atoms with van der Waals surface area (Å²) in [4.78, 5) is 0. The van der Waals surface area contributed by atoms with Gasteiger partial charge in [0.15, 0.2) is 0 Å². The minimum atomic E-state index is -1.04. The summed E-state index contributed by atoms with van der Waals surface area (Å²) < 4.78 is 0. The van der Waals surface area contributed by atoms with Crippen LogP contribution in [0.4, 0.5) is 0 Å². The summed E-state index contributed by atoms with van der Waals surface area (Å²) in [5.41, 5.74) is 3.19. The first kappa shape index (κ1) is 30.2. The molecule has 0 aliphatic rings. The molecule has 0 amide bonds. The Morgan fingerprint density at radius 3 is 1.14 bits per heavy atom. The molecule has 0 radical (unpaired) electrons. The zero-order chi connectivity index (χ0) is 24.6. The van der Waals surface area contributed by atoms with E-state index in [9.17, 15) is 0 Å². The van der Waals surface area contributed by atoms with E-state index in [4.69, 9.17) is 0 Å². The summed E-state index contributed by atoms with van der Waals surface area (Å²) in [6.45, 7) is 14.4. The maximum Gasteiger partial charge on any atom is 2.00 e. The quantitative estimate of drug-likeness (QED) is 0.130. The minimum Gasteiger partial charge on any atom is -0.156 e. The van der Waals surface area contributed by atoms with Gasteiger partial charge in [-0.05, 0) is 0 Å². The van der Waals surface area contributed by atoms with Crippen molar-refractivity contribution in [2.24, 2.45) is 0 Å². The standard InChI is InChI=1S/2C16H23Si.Zr/c2*1-4-17(5-2,6-3)13-15-12-11-14-9-7-8-10-16(14)15;/h2*7-12H,4-6,13H2,1-3H3;/q2*-1;+2. The Labute approximate surface area is 236 Å². The van der Waals surface area contributed by atoms with Crippen molar-refractivity contribution in [2.45, 2.75) is 89.9 Å². The van der Waals surface area contributed by atoms with Crippen molar-refractivity contribution in [1.29, 1.82) is 0 Å². The Morgan fingerprint density at radius 1 is 0.514 bits per heavy atom. The summed E-state index contributed by atoms with van der Waals surface area (Å²) in [7, 11) is -2.08. The first-order chi connectivity index (χ1) is 16.5. The molecule has 0 heterocycles. The normalized spacial score (nSPS) is 11.8. The Morgan fingerprint density at radius 2 is 0.829 bits per heavy atom. The van der Waals surface area contributed by atoms with Crippen LogP contribution in [0.2, 0.25) is 36.3 Å². The number of hydrogen-bond donors (Lipinski definition) is 0. The van der Waals surface area contributed by atoms with Crippen molar-refractivity contribution >= 4 is 37.7 Å². The first-order valence-electron chi connectivity index (χ1n) is 13.8. The van der Waals surface area contributed by atoms with E-state index in [1.807, 2.05) is 0 Å². The van der Waals surface area contributed by atoms with Gasteiger partial charge < -0.3 is 0 Å². The van der Waals surface area contributed by atoms with Crippen LogP contribution in [0.15, 0.2) is 72.8 Å². The Balaban J connectivity index is 0.000000240. The summed E-state index contributed by atoms with van der Waals surface area (Å²) in [5, 5.41) is 5.79. The molecule has 0 aromatic heterocycles. The van der Waals surface area contributed by atoms with Gasteiger partial charge in [0.25, 0.3) is 0 Å². The molecule has 0 spiro atoms. The van der Waals surface area contributed by atoms with E-state index < -0.39 is 16.1 Å². The molecular weight excluding hydrogens is 532 g/mol. The van der Waals surface area contributed by atoms with Crippen molar-refractivity contribution in [3.05, 3.63) is 83.9 Å². The molecule has 186 valence electrons. The average molecular weight is 578 g/mol. The minimum absolute atomic E-state index is 0.